The summed E-state index contributed by atoms with van der Waals surface area (Å²) in [6.45, 7) is 0. The molecule has 2 heterocycles. The fourth-order valence-corrected chi connectivity index (χ4v) is 8.76. The van der Waals surface area contributed by atoms with Crippen LogP contribution < -0.4 is 16.0 Å². The number of fused-ring (bicyclic) bond motifs is 2. The summed E-state index contributed by atoms with van der Waals surface area (Å²) in [5, 5.41) is 10.9. The van der Waals surface area contributed by atoms with Gasteiger partial charge in [-0.15, -0.1) is 0 Å². The van der Waals surface area contributed by atoms with Crippen LogP contribution in [0.25, 0.3) is 0 Å². The van der Waals surface area contributed by atoms with Crippen molar-refractivity contribution >= 4 is 35.0 Å². The number of piperidine rings is 1. The van der Waals surface area contributed by atoms with Gasteiger partial charge in [-0.1, -0.05) is 0 Å². The largest absolute Gasteiger partial charge is 0.465 e. The molecular formula is C27H36N4O3S. The number of amides is 2. The first kappa shape index (κ1) is 23.1. The van der Waals surface area contributed by atoms with Gasteiger partial charge in [0.25, 0.3) is 0 Å². The molecule has 35 heavy (non-hydrogen) atoms. The normalized spacial score (nSPS) is 36.5. The number of carbonyl (C=O) groups excluding carboxylic acids is 2. The molecular weight excluding hydrogens is 460 g/mol. The Morgan fingerprint density at radius 2 is 1.51 bits per heavy atom. The molecule has 6 aliphatic rings. The van der Waals surface area contributed by atoms with Gasteiger partial charge in [0.05, 0.1) is 12.7 Å². The van der Waals surface area contributed by atoms with Crippen LogP contribution in [0.15, 0.2) is 24.3 Å². The smallest absolute Gasteiger partial charge is 0.337 e. The average molecular weight is 497 g/mol. The minimum absolute atomic E-state index is 0.0381. The number of hydrogen-bond donors (Lipinski definition) is 3. The van der Waals surface area contributed by atoms with Crippen molar-refractivity contribution in [3.8, 4) is 0 Å². The molecule has 2 amide bonds. The van der Waals surface area contributed by atoms with Crippen LogP contribution in [0.4, 0.5) is 10.5 Å². The number of anilines is 1. The number of esters is 1. The summed E-state index contributed by atoms with van der Waals surface area (Å²) in [5.41, 5.74) is 1.42. The Morgan fingerprint density at radius 1 is 0.943 bits per heavy atom. The van der Waals surface area contributed by atoms with Crippen LogP contribution in [0.2, 0.25) is 0 Å². The first-order valence-corrected chi connectivity index (χ1v) is 13.7. The maximum absolute atomic E-state index is 13.1. The van der Waals surface area contributed by atoms with Crippen molar-refractivity contribution in [1.82, 2.24) is 15.5 Å². The van der Waals surface area contributed by atoms with E-state index >= 15 is 0 Å². The predicted octanol–water partition coefficient (Wildman–Crippen LogP) is 4.43. The number of hydrogen-bond acceptors (Lipinski definition) is 4. The number of thiocarbonyl (C=S) groups is 1. The number of rotatable bonds is 4. The number of nitrogens with one attached hydrogen (secondary N) is 3. The van der Waals surface area contributed by atoms with Gasteiger partial charge in [-0.3, -0.25) is 0 Å². The van der Waals surface area contributed by atoms with Gasteiger partial charge in [0.15, 0.2) is 5.11 Å². The van der Waals surface area contributed by atoms with Gasteiger partial charge >= 0.3 is 12.0 Å². The number of ether oxygens (including phenoxy) is 1. The minimum Gasteiger partial charge on any atom is -0.465 e. The van der Waals surface area contributed by atoms with Gasteiger partial charge in [0.1, 0.15) is 0 Å². The third-order valence-corrected chi connectivity index (χ3v) is 9.59. The van der Waals surface area contributed by atoms with Crippen molar-refractivity contribution in [3.63, 3.8) is 0 Å². The summed E-state index contributed by atoms with van der Waals surface area (Å²) < 4.78 is 4.77. The molecule has 2 atom stereocenters. The Hall–Kier alpha value is -2.35. The van der Waals surface area contributed by atoms with Crippen molar-refractivity contribution in [2.24, 2.45) is 17.8 Å². The summed E-state index contributed by atoms with van der Waals surface area (Å²) in [7, 11) is 1.38. The maximum Gasteiger partial charge on any atom is 0.337 e. The van der Waals surface area contributed by atoms with E-state index in [0.29, 0.717) is 17.6 Å². The highest BCUT2D eigenvalue weighted by molar-refractivity contribution is 7.80. The molecule has 3 N–H and O–H groups in total. The van der Waals surface area contributed by atoms with Crippen LogP contribution in [0.3, 0.4) is 0 Å². The molecule has 8 heteroatoms. The van der Waals surface area contributed by atoms with Gasteiger partial charge in [0.2, 0.25) is 0 Å². The van der Waals surface area contributed by atoms with Crippen LogP contribution in [-0.2, 0) is 4.74 Å². The lowest BCUT2D eigenvalue weighted by Crippen LogP contribution is -2.63. The van der Waals surface area contributed by atoms with Crippen LogP contribution in [0.5, 0.6) is 0 Å². The van der Waals surface area contributed by atoms with Crippen molar-refractivity contribution in [2.45, 2.75) is 87.9 Å². The Balaban J connectivity index is 1.03. The quantitative estimate of drug-likeness (QED) is 0.423. The predicted molar refractivity (Wildman–Crippen MR) is 138 cm³/mol. The Kier molecular flexibility index (Phi) is 5.90. The summed E-state index contributed by atoms with van der Waals surface area (Å²) >= 11 is 5.78. The SMILES string of the molecule is COC(=O)c1ccc(NC(=S)N2[C@H]3CC[C@H]2CC(NC(=O)NC24CC5CC(CC(C5)C2)C4)C3)cc1. The zero-order valence-corrected chi connectivity index (χ0v) is 21.2. The molecule has 0 radical (unpaired) electrons. The van der Waals surface area contributed by atoms with Gasteiger partial charge in [-0.05, 0) is 118 Å². The van der Waals surface area contributed by atoms with E-state index in [0.717, 1.165) is 54.2 Å². The fourth-order valence-electron chi connectivity index (χ4n) is 8.35. The lowest BCUT2D eigenvalue weighted by Gasteiger charge is -2.56. The topological polar surface area (TPSA) is 82.7 Å². The number of methoxy groups -OCH3 is 1. The van der Waals surface area contributed by atoms with Crippen molar-refractivity contribution in [2.75, 3.05) is 12.4 Å². The van der Waals surface area contributed by atoms with Gasteiger partial charge < -0.3 is 25.6 Å². The first-order valence-electron chi connectivity index (χ1n) is 13.3. The zero-order chi connectivity index (χ0) is 24.2. The standard InChI is InChI=1S/C27H36N4O3S/c1-34-24(32)19-2-4-20(5-3-19)29-26(35)31-22-6-7-23(31)12-21(11-22)28-25(33)30-27-13-16-8-17(14-27)10-18(9-16)15-27/h2-5,16-18,21-23H,6-15H2,1H3,(H,29,35)(H2,28,30,33)/t16?,17?,18?,22-,23-,27?/m0/s1. The fraction of sp³-hybridized carbons (Fsp3) is 0.667. The minimum atomic E-state index is -0.348. The Morgan fingerprint density at radius 3 is 2.06 bits per heavy atom. The average Bonchev–Trinajstić information content (AvgIpc) is 3.08. The monoisotopic (exact) mass is 496 g/mol. The summed E-state index contributed by atoms with van der Waals surface area (Å²) in [6, 6.07) is 8.10. The highest BCUT2D eigenvalue weighted by atomic mass is 32.1. The van der Waals surface area contributed by atoms with Crippen molar-refractivity contribution in [3.05, 3.63) is 29.8 Å². The number of benzene rings is 1. The van der Waals surface area contributed by atoms with E-state index in [4.69, 9.17) is 17.0 Å². The molecule has 1 aromatic rings. The van der Waals surface area contributed by atoms with Crippen LogP contribution >= 0.6 is 12.2 Å². The molecule has 4 saturated carbocycles. The van der Waals surface area contributed by atoms with Crippen molar-refractivity contribution in [1.29, 1.82) is 0 Å². The molecule has 4 aliphatic carbocycles. The van der Waals surface area contributed by atoms with Crippen molar-refractivity contribution < 1.29 is 14.3 Å². The van der Waals surface area contributed by atoms with Gasteiger partial charge in [0, 0.05) is 29.4 Å². The second-order valence-corrected chi connectivity index (χ2v) is 12.1. The molecule has 0 spiro atoms. The molecule has 188 valence electrons. The Bertz CT molecular complexity index is 963. The number of carbonyl (C=O) groups is 2. The number of nitrogens with zero attached hydrogens (tertiary/aromatic N) is 1. The third kappa shape index (κ3) is 4.50. The lowest BCUT2D eigenvalue weighted by atomic mass is 9.53. The molecule has 6 fully saturated rings. The molecule has 7 rings (SSSR count). The van der Waals surface area contributed by atoms with Crippen LogP contribution in [-0.4, -0.2) is 52.8 Å². The molecule has 6 bridgehead atoms. The second-order valence-electron chi connectivity index (χ2n) is 11.8. The molecule has 7 nitrogen and oxygen atoms in total. The lowest BCUT2D eigenvalue weighted by molar-refractivity contribution is -0.0138. The zero-order valence-electron chi connectivity index (χ0n) is 20.4. The molecule has 2 saturated heterocycles. The molecule has 2 aliphatic heterocycles. The summed E-state index contributed by atoms with van der Waals surface area (Å²) in [6.07, 6.45) is 11.7. The van der Waals surface area contributed by atoms with E-state index < -0.39 is 0 Å². The van der Waals surface area contributed by atoms with Crippen LogP contribution in [0, 0.1) is 17.8 Å². The van der Waals surface area contributed by atoms with E-state index in [9.17, 15) is 9.59 Å². The summed E-state index contributed by atoms with van der Waals surface area (Å²) in [4.78, 5) is 27.1. The van der Waals surface area contributed by atoms with Crippen LogP contribution in [0.1, 0.15) is 74.6 Å². The molecule has 0 unspecified atom stereocenters. The third-order valence-electron chi connectivity index (χ3n) is 9.28. The number of urea groups is 1. The highest BCUT2D eigenvalue weighted by Gasteiger charge is 2.52. The molecule has 0 aromatic heterocycles. The second kappa shape index (κ2) is 8.95. The highest BCUT2D eigenvalue weighted by Crippen LogP contribution is 2.55. The van der Waals surface area contributed by atoms with Gasteiger partial charge in [-0.2, -0.15) is 0 Å². The molecule has 1 aromatic carbocycles. The van der Waals surface area contributed by atoms with E-state index in [1.165, 1.54) is 45.6 Å². The maximum atomic E-state index is 13.1. The van der Waals surface area contributed by atoms with E-state index in [-0.39, 0.29) is 23.6 Å². The van der Waals surface area contributed by atoms with E-state index in [2.05, 4.69) is 20.9 Å². The summed E-state index contributed by atoms with van der Waals surface area (Å²) in [5.74, 6) is 2.13. The Labute approximate surface area is 212 Å². The van der Waals surface area contributed by atoms with E-state index in [1.807, 2.05) is 12.1 Å². The van der Waals surface area contributed by atoms with E-state index in [1.54, 1.807) is 12.1 Å². The first-order chi connectivity index (χ1) is 16.9. The van der Waals surface area contributed by atoms with Gasteiger partial charge in [-0.25, -0.2) is 9.59 Å².